The van der Waals surface area contributed by atoms with Crippen molar-refractivity contribution in [3.8, 4) is 5.75 Å². The number of hydrogen-bond acceptors (Lipinski definition) is 4. The maximum atomic E-state index is 13.0. The topological polar surface area (TPSA) is 64.6 Å². The maximum absolute atomic E-state index is 13.0. The van der Waals surface area contributed by atoms with E-state index in [9.17, 15) is 18.4 Å². The van der Waals surface area contributed by atoms with Crippen LogP contribution in [0.3, 0.4) is 0 Å². The van der Waals surface area contributed by atoms with Crippen LogP contribution in [-0.4, -0.2) is 25.6 Å². The number of benzene rings is 2. The summed E-state index contributed by atoms with van der Waals surface area (Å²) in [4.78, 5) is 23.4. The molecule has 1 N–H and O–H groups in total. The van der Waals surface area contributed by atoms with Crippen molar-refractivity contribution in [2.75, 3.05) is 19.0 Å². The number of nitrogens with one attached hydrogen (secondary N) is 1. The van der Waals surface area contributed by atoms with Crippen LogP contribution in [-0.2, 0) is 9.53 Å². The van der Waals surface area contributed by atoms with E-state index in [1.165, 1.54) is 19.2 Å². The predicted octanol–water partition coefficient (Wildman–Crippen LogP) is 2.77. The highest BCUT2D eigenvalue weighted by Crippen LogP contribution is 2.14. The van der Waals surface area contributed by atoms with E-state index in [4.69, 9.17) is 9.47 Å². The minimum Gasteiger partial charge on any atom is -0.497 e. The van der Waals surface area contributed by atoms with Crippen molar-refractivity contribution >= 4 is 17.6 Å². The molecule has 0 aliphatic rings. The summed E-state index contributed by atoms with van der Waals surface area (Å²) in [5, 5.41) is 2.23. The van der Waals surface area contributed by atoms with E-state index < -0.39 is 30.1 Å². The van der Waals surface area contributed by atoms with Gasteiger partial charge in [-0.3, -0.25) is 4.79 Å². The van der Waals surface area contributed by atoms with Gasteiger partial charge >= 0.3 is 5.97 Å². The molecule has 0 aromatic heterocycles. The van der Waals surface area contributed by atoms with Gasteiger partial charge in [0.05, 0.1) is 12.7 Å². The van der Waals surface area contributed by atoms with Crippen LogP contribution >= 0.6 is 0 Å². The first-order chi connectivity index (χ1) is 11.0. The number of ether oxygens (including phenoxy) is 2. The molecule has 0 heterocycles. The second-order valence-corrected chi connectivity index (χ2v) is 4.51. The van der Waals surface area contributed by atoms with Crippen LogP contribution in [0.1, 0.15) is 10.4 Å². The first-order valence-corrected chi connectivity index (χ1v) is 6.55. The minimum atomic E-state index is -0.825. The monoisotopic (exact) mass is 321 g/mol. The Kier molecular flexibility index (Phi) is 5.24. The summed E-state index contributed by atoms with van der Waals surface area (Å²) in [6, 6.07) is 8.80. The number of hydrogen-bond donors (Lipinski definition) is 1. The number of rotatable bonds is 5. The number of amides is 1. The average molecular weight is 321 g/mol. The number of methoxy groups -OCH3 is 1. The number of carbonyl (C=O) groups excluding carboxylic acids is 2. The van der Waals surface area contributed by atoms with Crippen LogP contribution in [0.25, 0.3) is 0 Å². The lowest BCUT2D eigenvalue weighted by atomic mass is 10.2. The van der Waals surface area contributed by atoms with Gasteiger partial charge in [0, 0.05) is 11.8 Å². The van der Waals surface area contributed by atoms with Gasteiger partial charge in [0.15, 0.2) is 6.61 Å². The molecule has 0 fully saturated rings. The van der Waals surface area contributed by atoms with Crippen molar-refractivity contribution < 1.29 is 27.8 Å². The average Bonchev–Trinajstić information content (AvgIpc) is 2.51. The van der Waals surface area contributed by atoms with Gasteiger partial charge in [-0.2, -0.15) is 0 Å². The Labute approximate surface area is 130 Å². The Morgan fingerprint density at radius 1 is 1.09 bits per heavy atom. The Morgan fingerprint density at radius 3 is 2.43 bits per heavy atom. The zero-order valence-corrected chi connectivity index (χ0v) is 12.1. The molecule has 0 unspecified atom stereocenters. The van der Waals surface area contributed by atoms with E-state index in [2.05, 4.69) is 5.32 Å². The van der Waals surface area contributed by atoms with Crippen molar-refractivity contribution in [2.45, 2.75) is 0 Å². The van der Waals surface area contributed by atoms with Gasteiger partial charge in [-0.05, 0) is 30.3 Å². The number of esters is 1. The van der Waals surface area contributed by atoms with E-state index in [1.54, 1.807) is 12.1 Å². The molecule has 0 saturated carbocycles. The fraction of sp³-hybridized carbons (Fsp3) is 0.125. The van der Waals surface area contributed by atoms with Gasteiger partial charge in [0.1, 0.15) is 17.4 Å². The molecule has 0 atom stereocenters. The highest BCUT2D eigenvalue weighted by Gasteiger charge is 2.12. The molecular weight excluding hydrogens is 308 g/mol. The summed E-state index contributed by atoms with van der Waals surface area (Å²) in [5.41, 5.74) is 0.152. The summed E-state index contributed by atoms with van der Waals surface area (Å²) >= 11 is 0. The van der Waals surface area contributed by atoms with E-state index in [0.717, 1.165) is 12.1 Å². The van der Waals surface area contributed by atoms with Crippen LogP contribution in [0.5, 0.6) is 5.75 Å². The fourth-order valence-corrected chi connectivity index (χ4v) is 1.79. The van der Waals surface area contributed by atoms with Gasteiger partial charge in [0.2, 0.25) is 0 Å². The zero-order chi connectivity index (χ0) is 16.8. The van der Waals surface area contributed by atoms with Gasteiger partial charge in [-0.1, -0.05) is 6.07 Å². The Balaban J connectivity index is 1.92. The zero-order valence-electron chi connectivity index (χ0n) is 12.1. The Bertz CT molecular complexity index is 714. The summed E-state index contributed by atoms with van der Waals surface area (Å²) < 4.78 is 35.8. The van der Waals surface area contributed by atoms with E-state index in [-0.39, 0.29) is 11.3 Å². The first kappa shape index (κ1) is 16.4. The molecule has 0 bridgehead atoms. The fourth-order valence-electron chi connectivity index (χ4n) is 1.79. The molecular formula is C16H13F2NO4. The quantitative estimate of drug-likeness (QED) is 0.860. The number of carbonyl (C=O) groups is 2. The summed E-state index contributed by atoms with van der Waals surface area (Å²) in [6.07, 6.45) is 0. The van der Waals surface area contributed by atoms with Gasteiger partial charge in [0.25, 0.3) is 5.91 Å². The van der Waals surface area contributed by atoms with Crippen LogP contribution < -0.4 is 10.1 Å². The molecule has 0 aliphatic heterocycles. The van der Waals surface area contributed by atoms with Crippen LogP contribution in [0.4, 0.5) is 14.5 Å². The van der Waals surface area contributed by atoms with Crippen molar-refractivity contribution in [3.63, 3.8) is 0 Å². The second kappa shape index (κ2) is 7.35. The van der Waals surface area contributed by atoms with Crippen LogP contribution in [0, 0.1) is 11.6 Å². The van der Waals surface area contributed by atoms with Gasteiger partial charge in [-0.15, -0.1) is 0 Å². The summed E-state index contributed by atoms with van der Waals surface area (Å²) in [6.45, 7) is -0.589. The normalized spacial score (nSPS) is 10.0. The maximum Gasteiger partial charge on any atom is 0.338 e. The van der Waals surface area contributed by atoms with Crippen LogP contribution in [0.2, 0.25) is 0 Å². The highest BCUT2D eigenvalue weighted by atomic mass is 19.1. The lowest BCUT2D eigenvalue weighted by Crippen LogP contribution is -2.21. The molecule has 0 saturated heterocycles. The number of halogens is 2. The van der Waals surface area contributed by atoms with Gasteiger partial charge in [-0.25, -0.2) is 13.6 Å². The third-order valence-electron chi connectivity index (χ3n) is 2.79. The Hall–Kier alpha value is -2.96. The SMILES string of the molecule is COc1cccc(C(=O)OCC(=O)Nc2cc(F)cc(F)c2)c1. The molecule has 2 rings (SSSR count). The molecule has 2 aromatic carbocycles. The van der Waals surface area contributed by atoms with Crippen molar-refractivity contribution in [1.29, 1.82) is 0 Å². The molecule has 0 aliphatic carbocycles. The molecule has 2 aromatic rings. The lowest BCUT2D eigenvalue weighted by Gasteiger charge is -2.07. The molecule has 0 radical (unpaired) electrons. The Morgan fingerprint density at radius 2 is 1.78 bits per heavy atom. The standard InChI is InChI=1S/C16H13F2NO4/c1-22-14-4-2-3-10(5-14)16(21)23-9-15(20)19-13-7-11(17)6-12(18)8-13/h2-8H,9H2,1H3,(H,19,20). The molecule has 1 amide bonds. The molecule has 5 nitrogen and oxygen atoms in total. The van der Waals surface area contributed by atoms with Crippen molar-refractivity contribution in [1.82, 2.24) is 0 Å². The molecule has 120 valence electrons. The van der Waals surface area contributed by atoms with Crippen molar-refractivity contribution in [3.05, 3.63) is 59.7 Å². The third-order valence-corrected chi connectivity index (χ3v) is 2.79. The minimum absolute atomic E-state index is 0.0649. The largest absolute Gasteiger partial charge is 0.497 e. The van der Waals surface area contributed by atoms with E-state index in [1.807, 2.05) is 0 Å². The predicted molar refractivity (Wildman–Crippen MR) is 78.3 cm³/mol. The van der Waals surface area contributed by atoms with E-state index in [0.29, 0.717) is 11.8 Å². The summed E-state index contributed by atoms with van der Waals surface area (Å²) in [7, 11) is 1.45. The van der Waals surface area contributed by atoms with Crippen LogP contribution in [0.15, 0.2) is 42.5 Å². The van der Waals surface area contributed by atoms with E-state index >= 15 is 0 Å². The first-order valence-electron chi connectivity index (χ1n) is 6.55. The summed E-state index contributed by atoms with van der Waals surface area (Å²) in [5.74, 6) is -2.61. The molecule has 0 spiro atoms. The smallest absolute Gasteiger partial charge is 0.338 e. The lowest BCUT2D eigenvalue weighted by molar-refractivity contribution is -0.119. The number of anilines is 1. The van der Waals surface area contributed by atoms with Gasteiger partial charge < -0.3 is 14.8 Å². The molecule has 7 heteroatoms. The highest BCUT2D eigenvalue weighted by molar-refractivity contribution is 5.95. The van der Waals surface area contributed by atoms with Crippen molar-refractivity contribution in [2.24, 2.45) is 0 Å². The third kappa shape index (κ3) is 4.77. The molecule has 23 heavy (non-hydrogen) atoms. The second-order valence-electron chi connectivity index (χ2n) is 4.51.